The van der Waals surface area contributed by atoms with E-state index in [2.05, 4.69) is 34.6 Å². The van der Waals surface area contributed by atoms with Gasteiger partial charge in [-0.1, -0.05) is 84.2 Å². The number of epoxide rings is 1. The molecule has 3 nitrogen and oxygen atoms in total. The Hall–Kier alpha value is -1.61. The highest BCUT2D eigenvalue weighted by Gasteiger charge is 2.76. The summed E-state index contributed by atoms with van der Waals surface area (Å²) in [4.78, 5) is 12.7. The van der Waals surface area contributed by atoms with Gasteiger partial charge in [0.15, 0.2) is 0 Å². The molecule has 1 aromatic carbocycles. The predicted molar refractivity (Wildman–Crippen MR) is 158 cm³/mol. The Morgan fingerprint density at radius 1 is 1.03 bits per heavy atom. The molecule has 0 bridgehead atoms. The van der Waals surface area contributed by atoms with E-state index in [4.69, 9.17) is 9.47 Å². The SMILES string of the molecule is CC(C)CCC[C@@H](C)[C@H]1CC[C@H]2[C@@H]3C[C@@H]4O[C@@]45C[C@@H](OC(=O)/C=C/c4ccccc4)CC[C@]5(C)[C@H]3CC[C@]12C. The minimum absolute atomic E-state index is 0.0241. The van der Waals surface area contributed by atoms with Gasteiger partial charge in [0.2, 0.25) is 0 Å². The number of hydrogen-bond acceptors (Lipinski definition) is 3. The standard InChI is InChI=1S/C36H52O3/c1-24(2)10-9-11-25(3)29-15-16-30-28-22-32-36(39-32)23-27(38-33(37)17-14-26-12-7-6-8-13-26)18-21-35(36,5)31(28)19-20-34(29,30)4/h6-8,12-14,17,24-25,27-32H,9-11,15-16,18-23H2,1-5H3/b17-14+/t25-,27+,28+,29-,30+,31+,32+,34-,35-,36+/m1/s1. The van der Waals surface area contributed by atoms with E-state index in [9.17, 15) is 4.79 Å². The maximum atomic E-state index is 12.7. The molecular formula is C36H52O3. The number of benzene rings is 1. The lowest BCUT2D eigenvalue weighted by Crippen LogP contribution is -2.59. The van der Waals surface area contributed by atoms with E-state index in [1.54, 1.807) is 6.08 Å². The number of fused-ring (bicyclic) bond motifs is 4. The van der Waals surface area contributed by atoms with Crippen molar-refractivity contribution in [3.63, 3.8) is 0 Å². The fourth-order valence-corrected chi connectivity index (χ4v) is 10.7. The molecule has 4 aliphatic carbocycles. The molecular weight excluding hydrogens is 480 g/mol. The van der Waals surface area contributed by atoms with Gasteiger partial charge in [0.1, 0.15) is 11.7 Å². The molecule has 0 unspecified atom stereocenters. The summed E-state index contributed by atoms with van der Waals surface area (Å²) in [5.41, 5.74) is 1.71. The summed E-state index contributed by atoms with van der Waals surface area (Å²) in [5, 5.41) is 0. The van der Waals surface area contributed by atoms with Crippen molar-refractivity contribution in [2.45, 2.75) is 123 Å². The van der Waals surface area contributed by atoms with Crippen molar-refractivity contribution in [2.75, 3.05) is 0 Å². The Balaban J connectivity index is 1.10. The Labute approximate surface area is 237 Å². The molecule has 39 heavy (non-hydrogen) atoms. The summed E-state index contributed by atoms with van der Waals surface area (Å²) in [6.07, 6.45) is 17.8. The molecule has 6 rings (SSSR count). The maximum Gasteiger partial charge on any atom is 0.331 e. The van der Waals surface area contributed by atoms with Crippen LogP contribution < -0.4 is 0 Å². The average molecular weight is 533 g/mol. The lowest BCUT2D eigenvalue weighted by Gasteiger charge is -2.59. The molecule has 10 atom stereocenters. The second-order valence-corrected chi connectivity index (χ2v) is 15.1. The number of rotatable bonds is 8. The van der Waals surface area contributed by atoms with E-state index in [0.29, 0.717) is 11.5 Å². The molecule has 1 spiro atoms. The number of carbonyl (C=O) groups excluding carboxylic acids is 1. The molecule has 5 aliphatic rings. The van der Waals surface area contributed by atoms with Crippen LogP contribution in [0.25, 0.3) is 6.08 Å². The predicted octanol–water partition coefficient (Wildman–Crippen LogP) is 8.86. The van der Waals surface area contributed by atoms with E-state index in [0.717, 1.165) is 60.3 Å². The van der Waals surface area contributed by atoms with Gasteiger partial charge in [0, 0.05) is 17.9 Å². The van der Waals surface area contributed by atoms with Gasteiger partial charge >= 0.3 is 5.97 Å². The fraction of sp³-hybridized carbons (Fsp3) is 0.750. The second kappa shape index (κ2) is 10.3. The van der Waals surface area contributed by atoms with Gasteiger partial charge in [-0.15, -0.1) is 0 Å². The van der Waals surface area contributed by atoms with E-state index < -0.39 is 0 Å². The summed E-state index contributed by atoms with van der Waals surface area (Å²) < 4.78 is 12.7. The summed E-state index contributed by atoms with van der Waals surface area (Å²) in [7, 11) is 0. The van der Waals surface area contributed by atoms with Crippen LogP contribution in [0.5, 0.6) is 0 Å². The number of hydrogen-bond donors (Lipinski definition) is 0. The number of esters is 1. The zero-order valence-corrected chi connectivity index (χ0v) is 25.2. The molecule has 3 heteroatoms. The third-order valence-corrected chi connectivity index (χ3v) is 12.7. The molecule has 214 valence electrons. The largest absolute Gasteiger partial charge is 0.459 e. The van der Waals surface area contributed by atoms with Crippen LogP contribution in [-0.2, 0) is 14.3 Å². The molecule has 5 fully saturated rings. The molecule has 0 N–H and O–H groups in total. The zero-order valence-electron chi connectivity index (χ0n) is 25.2. The van der Waals surface area contributed by atoms with Crippen LogP contribution in [0.2, 0.25) is 0 Å². The maximum absolute atomic E-state index is 12.7. The summed E-state index contributed by atoms with van der Waals surface area (Å²) in [5.74, 6) is 4.80. The van der Waals surface area contributed by atoms with Gasteiger partial charge in [-0.05, 0) is 97.5 Å². The Kier molecular flexibility index (Phi) is 7.31. The summed E-state index contributed by atoms with van der Waals surface area (Å²) in [6.45, 7) is 12.5. The van der Waals surface area contributed by atoms with E-state index in [-0.39, 0.29) is 23.1 Å². The van der Waals surface area contributed by atoms with Gasteiger partial charge in [-0.2, -0.15) is 0 Å². The quantitative estimate of drug-likeness (QED) is 0.191. The number of carbonyl (C=O) groups is 1. The van der Waals surface area contributed by atoms with Crippen molar-refractivity contribution in [2.24, 2.45) is 46.3 Å². The average Bonchev–Trinajstić information content (AvgIpc) is 3.49. The lowest BCUT2D eigenvalue weighted by molar-refractivity contribution is -0.154. The minimum Gasteiger partial charge on any atom is -0.459 e. The van der Waals surface area contributed by atoms with Crippen molar-refractivity contribution >= 4 is 12.0 Å². The van der Waals surface area contributed by atoms with Crippen molar-refractivity contribution in [3.05, 3.63) is 42.0 Å². The summed E-state index contributed by atoms with van der Waals surface area (Å²) >= 11 is 0. The Bertz CT molecular complexity index is 1060. The third kappa shape index (κ3) is 4.73. The zero-order chi connectivity index (χ0) is 27.4. The first kappa shape index (κ1) is 27.6. The lowest BCUT2D eigenvalue weighted by atomic mass is 9.44. The van der Waals surface area contributed by atoms with Crippen LogP contribution in [0.4, 0.5) is 0 Å². The second-order valence-electron chi connectivity index (χ2n) is 15.1. The van der Waals surface area contributed by atoms with Gasteiger partial charge in [-0.25, -0.2) is 4.79 Å². The normalized spacial score (nSPS) is 43.3. The van der Waals surface area contributed by atoms with Gasteiger partial charge in [0.05, 0.1) is 6.10 Å². The summed E-state index contributed by atoms with van der Waals surface area (Å²) in [6, 6.07) is 9.97. The van der Waals surface area contributed by atoms with E-state index >= 15 is 0 Å². The molecule has 4 saturated carbocycles. The van der Waals surface area contributed by atoms with Gasteiger partial charge in [-0.3, -0.25) is 0 Å². The van der Waals surface area contributed by atoms with Crippen LogP contribution in [0.15, 0.2) is 36.4 Å². The van der Waals surface area contributed by atoms with Crippen LogP contribution in [0.1, 0.15) is 111 Å². The smallest absolute Gasteiger partial charge is 0.331 e. The molecule has 1 heterocycles. The van der Waals surface area contributed by atoms with Crippen LogP contribution in [-0.4, -0.2) is 23.8 Å². The topological polar surface area (TPSA) is 38.8 Å². The van der Waals surface area contributed by atoms with Crippen LogP contribution in [0.3, 0.4) is 0 Å². The first-order valence-corrected chi connectivity index (χ1v) is 16.3. The highest BCUT2D eigenvalue weighted by atomic mass is 16.6. The van der Waals surface area contributed by atoms with Crippen molar-refractivity contribution < 1.29 is 14.3 Å². The first-order valence-electron chi connectivity index (χ1n) is 16.3. The molecule has 0 radical (unpaired) electrons. The Morgan fingerprint density at radius 2 is 1.82 bits per heavy atom. The van der Waals surface area contributed by atoms with Crippen LogP contribution >= 0.6 is 0 Å². The highest BCUT2D eigenvalue weighted by molar-refractivity contribution is 5.87. The molecule has 1 aliphatic heterocycles. The monoisotopic (exact) mass is 532 g/mol. The molecule has 1 saturated heterocycles. The highest BCUT2D eigenvalue weighted by Crippen LogP contribution is 2.74. The fourth-order valence-electron chi connectivity index (χ4n) is 10.7. The first-order chi connectivity index (χ1) is 18.7. The Morgan fingerprint density at radius 3 is 2.59 bits per heavy atom. The third-order valence-electron chi connectivity index (χ3n) is 12.7. The van der Waals surface area contributed by atoms with E-state index in [1.165, 1.54) is 51.4 Å². The van der Waals surface area contributed by atoms with Crippen molar-refractivity contribution in [3.8, 4) is 0 Å². The van der Waals surface area contributed by atoms with Crippen LogP contribution in [0, 0.1) is 46.3 Å². The van der Waals surface area contributed by atoms with E-state index in [1.807, 2.05) is 36.4 Å². The molecule has 0 aromatic heterocycles. The van der Waals surface area contributed by atoms with Crippen molar-refractivity contribution in [1.82, 2.24) is 0 Å². The molecule has 1 aromatic rings. The van der Waals surface area contributed by atoms with Gasteiger partial charge in [0.25, 0.3) is 0 Å². The number of ether oxygens (including phenoxy) is 2. The minimum atomic E-state index is -0.220. The molecule has 0 amide bonds. The van der Waals surface area contributed by atoms with Gasteiger partial charge < -0.3 is 9.47 Å². The van der Waals surface area contributed by atoms with Crippen molar-refractivity contribution in [1.29, 1.82) is 0 Å².